The highest BCUT2D eigenvalue weighted by molar-refractivity contribution is 6.43. The molecule has 0 spiro atoms. The van der Waals surface area contributed by atoms with Crippen molar-refractivity contribution in [3.05, 3.63) is 23.8 Å². The normalized spacial score (nSPS) is 14.6. The average Bonchev–Trinajstić information content (AvgIpc) is 2.43. The number of carbonyl (C=O) groups is 3. The van der Waals surface area contributed by atoms with Crippen molar-refractivity contribution in [1.29, 1.82) is 0 Å². The van der Waals surface area contributed by atoms with E-state index in [2.05, 4.69) is 10.4 Å². The Hall–Kier alpha value is -2.90. The Kier molecular flexibility index (Phi) is 3.88. The second kappa shape index (κ2) is 5.61. The van der Waals surface area contributed by atoms with Crippen molar-refractivity contribution in [3.8, 4) is 5.75 Å². The first-order valence-electron chi connectivity index (χ1n) is 6.11. The van der Waals surface area contributed by atoms with Crippen molar-refractivity contribution in [1.82, 2.24) is 5.01 Å². The quantitative estimate of drug-likeness (QED) is 0.706. The van der Waals surface area contributed by atoms with E-state index in [0.29, 0.717) is 0 Å². The smallest absolute Gasteiger partial charge is 0.339 e. The van der Waals surface area contributed by atoms with Crippen molar-refractivity contribution >= 4 is 29.2 Å². The van der Waals surface area contributed by atoms with Gasteiger partial charge in [0.05, 0.1) is 5.69 Å². The number of amides is 2. The SMILES string of the molecule is CN1N=C(C(=O)Nc2cccc(C(=O)O)c2O)CCC1=O. The number of hydrogen-bond donors (Lipinski definition) is 3. The van der Waals surface area contributed by atoms with Gasteiger partial charge < -0.3 is 15.5 Å². The number of anilines is 1. The van der Waals surface area contributed by atoms with Gasteiger partial charge in [-0.25, -0.2) is 9.80 Å². The van der Waals surface area contributed by atoms with Gasteiger partial charge in [-0.15, -0.1) is 0 Å². The number of nitrogens with one attached hydrogen (secondary N) is 1. The van der Waals surface area contributed by atoms with Gasteiger partial charge in [-0.2, -0.15) is 5.10 Å². The van der Waals surface area contributed by atoms with Crippen LogP contribution in [0.3, 0.4) is 0 Å². The third kappa shape index (κ3) is 2.99. The molecular weight excluding hydrogens is 278 g/mol. The van der Waals surface area contributed by atoms with Crippen LogP contribution in [0, 0.1) is 0 Å². The highest BCUT2D eigenvalue weighted by Gasteiger charge is 2.23. The molecule has 1 heterocycles. The number of benzene rings is 1. The molecule has 0 saturated carbocycles. The first-order chi connectivity index (χ1) is 9.90. The summed E-state index contributed by atoms with van der Waals surface area (Å²) < 4.78 is 0. The van der Waals surface area contributed by atoms with Gasteiger partial charge in [-0.3, -0.25) is 9.59 Å². The van der Waals surface area contributed by atoms with Crippen LogP contribution in [0.2, 0.25) is 0 Å². The molecule has 8 nitrogen and oxygen atoms in total. The lowest BCUT2D eigenvalue weighted by Gasteiger charge is -2.19. The van der Waals surface area contributed by atoms with Gasteiger partial charge in [0.25, 0.3) is 5.91 Å². The molecule has 0 fully saturated rings. The van der Waals surface area contributed by atoms with E-state index in [1.807, 2.05) is 0 Å². The number of nitrogens with zero attached hydrogens (tertiary/aromatic N) is 2. The van der Waals surface area contributed by atoms with Crippen LogP contribution < -0.4 is 5.32 Å². The highest BCUT2D eigenvalue weighted by atomic mass is 16.4. The average molecular weight is 291 g/mol. The zero-order valence-electron chi connectivity index (χ0n) is 11.2. The standard InChI is InChI=1S/C13H13N3O5/c1-16-10(17)6-5-9(15-16)12(19)14-8-4-2-3-7(11(8)18)13(20)21/h2-4,18H,5-6H2,1H3,(H,14,19)(H,20,21). The maximum absolute atomic E-state index is 12.0. The largest absolute Gasteiger partial charge is 0.505 e. The Bertz CT molecular complexity index is 653. The summed E-state index contributed by atoms with van der Waals surface area (Å²) in [7, 11) is 1.44. The third-order valence-electron chi connectivity index (χ3n) is 2.98. The lowest BCUT2D eigenvalue weighted by Crippen LogP contribution is -2.34. The third-order valence-corrected chi connectivity index (χ3v) is 2.98. The molecule has 0 unspecified atom stereocenters. The predicted octanol–water partition coefficient (Wildman–Crippen LogP) is 0.637. The predicted molar refractivity (Wildman–Crippen MR) is 73.1 cm³/mol. The van der Waals surface area contributed by atoms with E-state index < -0.39 is 17.6 Å². The highest BCUT2D eigenvalue weighted by Crippen LogP contribution is 2.27. The molecular formula is C13H13N3O5. The van der Waals surface area contributed by atoms with Crippen molar-refractivity contribution < 1.29 is 24.6 Å². The van der Waals surface area contributed by atoms with E-state index in [1.165, 1.54) is 25.2 Å². The zero-order chi connectivity index (χ0) is 15.6. The lowest BCUT2D eigenvalue weighted by molar-refractivity contribution is -0.130. The first kappa shape index (κ1) is 14.5. The Morgan fingerprint density at radius 2 is 2.05 bits per heavy atom. The van der Waals surface area contributed by atoms with E-state index in [4.69, 9.17) is 5.11 Å². The Balaban J connectivity index is 2.21. The summed E-state index contributed by atoms with van der Waals surface area (Å²) in [6.07, 6.45) is 0.359. The van der Waals surface area contributed by atoms with Gasteiger partial charge in [-0.1, -0.05) is 6.07 Å². The number of hydrazone groups is 1. The van der Waals surface area contributed by atoms with Crippen LogP contribution in [-0.4, -0.2) is 45.8 Å². The van der Waals surface area contributed by atoms with Crippen molar-refractivity contribution in [3.63, 3.8) is 0 Å². The van der Waals surface area contributed by atoms with Gasteiger partial charge >= 0.3 is 5.97 Å². The molecule has 0 saturated heterocycles. The number of aromatic hydroxyl groups is 1. The summed E-state index contributed by atoms with van der Waals surface area (Å²) >= 11 is 0. The Morgan fingerprint density at radius 1 is 1.33 bits per heavy atom. The summed E-state index contributed by atoms with van der Waals surface area (Å²) in [5, 5.41) is 26.0. The van der Waals surface area contributed by atoms with Crippen LogP contribution in [0.25, 0.3) is 0 Å². The van der Waals surface area contributed by atoms with Crippen molar-refractivity contribution in [2.45, 2.75) is 12.8 Å². The van der Waals surface area contributed by atoms with Gasteiger partial charge in [0.15, 0.2) is 5.75 Å². The second-order valence-electron chi connectivity index (χ2n) is 4.43. The topological polar surface area (TPSA) is 119 Å². The van der Waals surface area contributed by atoms with Crippen molar-refractivity contribution in [2.24, 2.45) is 5.10 Å². The number of rotatable bonds is 3. The van der Waals surface area contributed by atoms with E-state index in [1.54, 1.807) is 0 Å². The molecule has 1 aromatic rings. The molecule has 0 atom stereocenters. The summed E-state index contributed by atoms with van der Waals surface area (Å²) in [6, 6.07) is 3.99. The fraction of sp³-hybridized carbons (Fsp3) is 0.231. The maximum Gasteiger partial charge on any atom is 0.339 e. The number of aromatic carboxylic acids is 1. The molecule has 2 rings (SSSR count). The minimum atomic E-state index is -1.30. The maximum atomic E-state index is 12.0. The van der Waals surface area contributed by atoms with E-state index >= 15 is 0 Å². The van der Waals surface area contributed by atoms with E-state index in [9.17, 15) is 19.5 Å². The van der Waals surface area contributed by atoms with E-state index in [-0.39, 0.29) is 35.7 Å². The van der Waals surface area contributed by atoms with Crippen molar-refractivity contribution in [2.75, 3.05) is 12.4 Å². The number of carboxylic acid groups (broad SMARTS) is 1. The van der Waals surface area contributed by atoms with E-state index in [0.717, 1.165) is 5.01 Å². The molecule has 0 bridgehead atoms. The minimum absolute atomic E-state index is 0.0258. The van der Waals surface area contributed by atoms with Crippen LogP contribution in [0.5, 0.6) is 5.75 Å². The van der Waals surface area contributed by atoms with Crippen LogP contribution in [0.1, 0.15) is 23.2 Å². The summed E-state index contributed by atoms with van der Waals surface area (Å²) in [5.41, 5.74) is -0.204. The number of hydrogen-bond acceptors (Lipinski definition) is 5. The molecule has 0 aliphatic carbocycles. The molecule has 1 aliphatic rings. The number of carbonyl (C=O) groups excluding carboxylic acids is 2. The molecule has 110 valence electrons. The lowest BCUT2D eigenvalue weighted by atomic mass is 10.1. The molecule has 3 N–H and O–H groups in total. The number of para-hydroxylation sites is 1. The van der Waals surface area contributed by atoms with Crippen LogP contribution in [0.15, 0.2) is 23.3 Å². The monoisotopic (exact) mass is 291 g/mol. The van der Waals surface area contributed by atoms with Gasteiger partial charge in [-0.05, 0) is 12.1 Å². The number of phenols is 1. The minimum Gasteiger partial charge on any atom is -0.505 e. The van der Waals surface area contributed by atoms with Crippen LogP contribution in [-0.2, 0) is 9.59 Å². The number of carboxylic acids is 1. The Morgan fingerprint density at radius 3 is 2.67 bits per heavy atom. The summed E-state index contributed by atoms with van der Waals surface area (Å²) in [6.45, 7) is 0. The van der Waals surface area contributed by atoms with Gasteiger partial charge in [0.2, 0.25) is 5.91 Å². The Labute approximate surface area is 119 Å². The molecule has 1 aromatic carbocycles. The zero-order valence-corrected chi connectivity index (χ0v) is 11.2. The van der Waals surface area contributed by atoms with Crippen LogP contribution in [0.4, 0.5) is 5.69 Å². The first-order valence-corrected chi connectivity index (χ1v) is 6.11. The second-order valence-corrected chi connectivity index (χ2v) is 4.43. The fourth-order valence-corrected chi connectivity index (χ4v) is 1.84. The van der Waals surface area contributed by atoms with Gasteiger partial charge in [0, 0.05) is 19.9 Å². The van der Waals surface area contributed by atoms with Gasteiger partial charge in [0.1, 0.15) is 11.3 Å². The fourth-order valence-electron chi connectivity index (χ4n) is 1.84. The molecule has 1 aliphatic heterocycles. The molecule has 0 aromatic heterocycles. The molecule has 2 amide bonds. The molecule has 8 heteroatoms. The van der Waals surface area contributed by atoms with Crippen LogP contribution >= 0.6 is 0 Å². The molecule has 0 radical (unpaired) electrons. The molecule has 21 heavy (non-hydrogen) atoms. The summed E-state index contributed by atoms with van der Waals surface area (Å²) in [5.74, 6) is -2.61. The summed E-state index contributed by atoms with van der Waals surface area (Å²) in [4.78, 5) is 34.2.